The first-order valence-corrected chi connectivity index (χ1v) is 12.7. The van der Waals surface area contributed by atoms with Crippen molar-refractivity contribution in [2.24, 2.45) is 5.92 Å². The van der Waals surface area contributed by atoms with Crippen molar-refractivity contribution < 1.29 is 19.5 Å². The molecule has 2 aliphatic rings. The first-order chi connectivity index (χ1) is 17.4. The van der Waals surface area contributed by atoms with E-state index in [2.05, 4.69) is 20.7 Å². The minimum atomic E-state index is -0.953. The summed E-state index contributed by atoms with van der Waals surface area (Å²) in [6.45, 7) is 2.42. The van der Waals surface area contributed by atoms with Crippen molar-refractivity contribution >= 4 is 23.4 Å². The fraction of sp³-hybridized carbons (Fsp3) is 0.444. The van der Waals surface area contributed by atoms with Crippen LogP contribution < -0.4 is 10.6 Å². The molecule has 2 aromatic heterocycles. The van der Waals surface area contributed by atoms with Crippen LogP contribution in [0.4, 0.5) is 0 Å². The number of hydrogen-bond donors (Lipinski definition) is 3. The number of benzene rings is 1. The number of aromatic nitrogens is 3. The van der Waals surface area contributed by atoms with E-state index in [1.807, 2.05) is 6.92 Å². The van der Waals surface area contributed by atoms with Crippen LogP contribution in [0, 0.1) is 12.8 Å². The minimum Gasteiger partial charge on any atom is -0.478 e. The first kappa shape index (κ1) is 24.0. The Bertz CT molecular complexity index is 1320. The van der Waals surface area contributed by atoms with Gasteiger partial charge in [0.25, 0.3) is 11.8 Å². The zero-order valence-corrected chi connectivity index (χ0v) is 20.4. The molecule has 9 heteroatoms. The van der Waals surface area contributed by atoms with Crippen LogP contribution in [-0.2, 0) is 6.42 Å². The van der Waals surface area contributed by atoms with Crippen LogP contribution in [0.2, 0.25) is 0 Å². The Labute approximate surface area is 209 Å². The van der Waals surface area contributed by atoms with Crippen molar-refractivity contribution in [3.8, 4) is 0 Å². The Morgan fingerprint density at radius 1 is 1.06 bits per heavy atom. The van der Waals surface area contributed by atoms with Gasteiger partial charge in [-0.25, -0.2) is 14.3 Å². The Hall–Kier alpha value is -3.75. The smallest absolute Gasteiger partial charge is 0.335 e. The summed E-state index contributed by atoms with van der Waals surface area (Å²) < 4.78 is 1.44. The predicted octanol–water partition coefficient (Wildman–Crippen LogP) is 3.85. The van der Waals surface area contributed by atoms with E-state index in [1.165, 1.54) is 36.3 Å². The third kappa shape index (κ3) is 4.69. The van der Waals surface area contributed by atoms with Gasteiger partial charge >= 0.3 is 5.97 Å². The van der Waals surface area contributed by atoms with Crippen molar-refractivity contribution in [2.75, 3.05) is 6.54 Å². The van der Waals surface area contributed by atoms with Gasteiger partial charge < -0.3 is 15.7 Å². The third-order valence-electron chi connectivity index (χ3n) is 7.58. The molecule has 0 unspecified atom stereocenters. The molecule has 36 heavy (non-hydrogen) atoms. The number of nitrogens with zero attached hydrogens (tertiary/aromatic N) is 3. The fourth-order valence-electron chi connectivity index (χ4n) is 5.58. The molecule has 0 radical (unpaired) electrons. The van der Waals surface area contributed by atoms with Crippen LogP contribution in [0.25, 0.3) is 5.65 Å². The zero-order valence-electron chi connectivity index (χ0n) is 20.4. The Balaban J connectivity index is 1.35. The summed E-state index contributed by atoms with van der Waals surface area (Å²) in [6.07, 6.45) is 10.1. The molecule has 0 spiro atoms. The number of rotatable bonds is 6. The fourth-order valence-corrected chi connectivity index (χ4v) is 5.58. The number of carboxylic acids is 1. The van der Waals surface area contributed by atoms with Gasteiger partial charge in [-0.2, -0.15) is 5.10 Å². The lowest BCUT2D eigenvalue weighted by molar-refractivity contribution is 0.0695. The van der Waals surface area contributed by atoms with Gasteiger partial charge in [0.2, 0.25) is 0 Å². The molecule has 3 N–H and O–H groups in total. The molecule has 2 amide bonds. The number of carboxylic acid groups (broad SMARTS) is 1. The van der Waals surface area contributed by atoms with E-state index in [4.69, 9.17) is 0 Å². The van der Waals surface area contributed by atoms with E-state index >= 15 is 0 Å². The second kappa shape index (κ2) is 10.1. The number of amides is 2. The lowest BCUT2D eigenvalue weighted by atomic mass is 9.98. The summed E-state index contributed by atoms with van der Waals surface area (Å²) in [5.41, 5.74) is 3.77. The van der Waals surface area contributed by atoms with Crippen molar-refractivity contribution in [2.45, 2.75) is 64.3 Å². The van der Waals surface area contributed by atoms with Crippen LogP contribution in [0.1, 0.15) is 99.0 Å². The van der Waals surface area contributed by atoms with Gasteiger partial charge in [0, 0.05) is 18.7 Å². The average molecular weight is 490 g/mol. The van der Waals surface area contributed by atoms with Gasteiger partial charge in [-0.3, -0.25) is 9.59 Å². The quantitative estimate of drug-likeness (QED) is 0.452. The predicted molar refractivity (Wildman–Crippen MR) is 133 cm³/mol. The summed E-state index contributed by atoms with van der Waals surface area (Å²) in [5, 5.41) is 19.7. The lowest BCUT2D eigenvalue weighted by Gasteiger charge is -2.17. The highest BCUT2D eigenvalue weighted by Gasteiger charge is 2.29. The van der Waals surface area contributed by atoms with Crippen LogP contribution in [0.3, 0.4) is 0 Å². The molecule has 1 atom stereocenters. The highest BCUT2D eigenvalue weighted by Crippen LogP contribution is 2.35. The Kier molecular flexibility index (Phi) is 6.71. The van der Waals surface area contributed by atoms with E-state index in [1.54, 1.807) is 24.4 Å². The summed E-state index contributed by atoms with van der Waals surface area (Å²) in [5.74, 6) is -1.13. The number of aromatic carboxylic acids is 1. The SMILES string of the molecule is Cc1c(C(=O)O)ccc2c1CC[C@@H]2NC(=O)c1cc(C(=O)NCC2CCCCCC2)nc2ccnn12. The van der Waals surface area contributed by atoms with Gasteiger partial charge in [0.05, 0.1) is 17.8 Å². The third-order valence-corrected chi connectivity index (χ3v) is 7.58. The van der Waals surface area contributed by atoms with E-state index in [0.717, 1.165) is 29.5 Å². The van der Waals surface area contributed by atoms with Gasteiger partial charge in [-0.15, -0.1) is 0 Å². The van der Waals surface area contributed by atoms with E-state index in [0.29, 0.717) is 31.0 Å². The highest BCUT2D eigenvalue weighted by atomic mass is 16.4. The van der Waals surface area contributed by atoms with Gasteiger partial charge in [-0.05, 0) is 61.3 Å². The van der Waals surface area contributed by atoms with Crippen molar-refractivity contribution in [1.29, 1.82) is 0 Å². The summed E-state index contributed by atoms with van der Waals surface area (Å²) >= 11 is 0. The first-order valence-electron chi connectivity index (χ1n) is 12.7. The number of hydrogen-bond acceptors (Lipinski definition) is 5. The molecule has 188 valence electrons. The van der Waals surface area contributed by atoms with Crippen molar-refractivity contribution in [3.63, 3.8) is 0 Å². The lowest BCUT2D eigenvalue weighted by Crippen LogP contribution is -2.32. The molecular formula is C27H31N5O4. The maximum atomic E-state index is 13.4. The highest BCUT2D eigenvalue weighted by molar-refractivity contribution is 5.98. The molecule has 1 aromatic carbocycles. The molecule has 1 fully saturated rings. The Morgan fingerprint density at radius 3 is 2.58 bits per heavy atom. The van der Waals surface area contributed by atoms with Crippen molar-refractivity contribution in [1.82, 2.24) is 25.2 Å². The molecule has 1 saturated carbocycles. The normalized spacial score (nSPS) is 18.0. The Morgan fingerprint density at radius 2 is 1.83 bits per heavy atom. The van der Waals surface area contributed by atoms with Gasteiger partial charge in [-0.1, -0.05) is 31.7 Å². The van der Waals surface area contributed by atoms with Crippen LogP contribution in [0.15, 0.2) is 30.5 Å². The van der Waals surface area contributed by atoms with Crippen LogP contribution in [-0.4, -0.2) is 44.0 Å². The largest absolute Gasteiger partial charge is 0.478 e. The standard InChI is InChI=1S/C27H31N5O4/c1-16-18-10-11-21(20(18)9-8-19(16)27(35)36)31-26(34)23-14-22(30-24-12-13-29-32(23)24)25(33)28-15-17-6-4-2-3-5-7-17/h8-9,12-14,17,21H,2-7,10-11,15H2,1H3,(H,28,33)(H,31,34)(H,35,36)/t21-/m0/s1. The maximum Gasteiger partial charge on any atom is 0.335 e. The number of nitrogens with one attached hydrogen (secondary N) is 2. The second-order valence-corrected chi connectivity index (χ2v) is 9.87. The zero-order chi connectivity index (χ0) is 25.2. The summed E-state index contributed by atoms with van der Waals surface area (Å²) in [4.78, 5) is 42.2. The molecule has 3 aromatic rings. The molecule has 0 saturated heterocycles. The van der Waals surface area contributed by atoms with Crippen LogP contribution in [0.5, 0.6) is 0 Å². The van der Waals surface area contributed by atoms with Crippen molar-refractivity contribution in [3.05, 3.63) is 64.1 Å². The topological polar surface area (TPSA) is 126 Å². The summed E-state index contributed by atoms with van der Waals surface area (Å²) in [7, 11) is 0. The monoisotopic (exact) mass is 489 g/mol. The molecular weight excluding hydrogens is 458 g/mol. The molecule has 5 rings (SSSR count). The maximum absolute atomic E-state index is 13.4. The number of carbonyl (C=O) groups excluding carboxylic acids is 2. The van der Waals surface area contributed by atoms with Gasteiger partial charge in [0.15, 0.2) is 5.65 Å². The van der Waals surface area contributed by atoms with E-state index < -0.39 is 5.97 Å². The number of fused-ring (bicyclic) bond motifs is 2. The minimum absolute atomic E-state index is 0.190. The van der Waals surface area contributed by atoms with E-state index in [-0.39, 0.29) is 34.8 Å². The van der Waals surface area contributed by atoms with Gasteiger partial charge in [0.1, 0.15) is 11.4 Å². The molecule has 9 nitrogen and oxygen atoms in total. The van der Waals surface area contributed by atoms with E-state index in [9.17, 15) is 19.5 Å². The van der Waals surface area contributed by atoms with Crippen LogP contribution >= 0.6 is 0 Å². The molecule has 2 heterocycles. The number of carbonyl (C=O) groups is 3. The molecule has 0 aliphatic heterocycles. The average Bonchev–Trinajstić information content (AvgIpc) is 3.42. The summed E-state index contributed by atoms with van der Waals surface area (Å²) in [6, 6.07) is 6.29. The molecule has 2 aliphatic carbocycles. The second-order valence-electron chi connectivity index (χ2n) is 9.87. The molecule has 0 bridgehead atoms.